The van der Waals surface area contributed by atoms with Crippen molar-refractivity contribution in [1.29, 1.82) is 0 Å². The zero-order valence-corrected chi connectivity index (χ0v) is 60.5. The molecular formula is C74H140N12O3. The molecule has 2 saturated heterocycles. The van der Waals surface area contributed by atoms with E-state index in [1.807, 2.05) is 6.92 Å². The lowest BCUT2D eigenvalue weighted by Crippen LogP contribution is -2.56. The minimum atomic E-state index is -0.490. The van der Waals surface area contributed by atoms with Gasteiger partial charge in [0, 0.05) is 146 Å². The number of aliphatic hydroxyl groups is 1. The molecular weight excluding hydrogens is 1100 g/mol. The Morgan fingerprint density at radius 1 is 0.506 bits per heavy atom. The Bertz CT molecular complexity index is 2080. The quantitative estimate of drug-likeness (QED) is 0.0751. The minimum absolute atomic E-state index is 0.0556. The summed E-state index contributed by atoms with van der Waals surface area (Å²) in [4.78, 5) is 32.4. The molecule has 0 aliphatic carbocycles. The third-order valence-electron chi connectivity index (χ3n) is 19.4. The molecule has 2 aliphatic rings. The second-order valence-electron chi connectivity index (χ2n) is 30.1. The number of amides is 1. The van der Waals surface area contributed by atoms with Crippen LogP contribution in [-0.4, -0.2) is 259 Å². The van der Waals surface area contributed by atoms with Crippen LogP contribution in [0.4, 0.5) is 0 Å². The molecule has 0 bridgehead atoms. The van der Waals surface area contributed by atoms with E-state index in [9.17, 15) is 9.90 Å². The molecule has 0 spiro atoms. The van der Waals surface area contributed by atoms with Gasteiger partial charge in [0.15, 0.2) is 0 Å². The van der Waals surface area contributed by atoms with Crippen LogP contribution >= 0.6 is 0 Å². The highest BCUT2D eigenvalue weighted by molar-refractivity contribution is 5.82. The maximum absolute atomic E-state index is 14.8. The van der Waals surface area contributed by atoms with Gasteiger partial charge in [-0.2, -0.15) is 0 Å². The maximum Gasteiger partial charge on any atom is 0.239 e. The summed E-state index contributed by atoms with van der Waals surface area (Å²) in [6, 6.07) is 23.9. The van der Waals surface area contributed by atoms with Gasteiger partial charge in [-0.15, -0.1) is 0 Å². The predicted molar refractivity (Wildman–Crippen MR) is 379 cm³/mol. The van der Waals surface area contributed by atoms with E-state index in [2.05, 4.69) is 240 Å². The Hall–Kier alpha value is -2.61. The molecule has 15 nitrogen and oxygen atoms in total. The summed E-state index contributed by atoms with van der Waals surface area (Å²) in [7, 11) is 13.9. The highest BCUT2D eigenvalue weighted by atomic mass is 16.5. The van der Waals surface area contributed by atoms with Crippen LogP contribution in [0.15, 0.2) is 60.7 Å². The van der Waals surface area contributed by atoms with Crippen LogP contribution in [0.1, 0.15) is 152 Å². The van der Waals surface area contributed by atoms with Gasteiger partial charge in [-0.3, -0.25) is 4.79 Å². The van der Waals surface area contributed by atoms with Gasteiger partial charge in [-0.05, 0) is 167 Å². The molecule has 11 atom stereocenters. The fourth-order valence-corrected chi connectivity index (χ4v) is 13.7. The first-order chi connectivity index (χ1) is 42.4. The van der Waals surface area contributed by atoms with Crippen molar-refractivity contribution in [2.75, 3.05) is 147 Å². The number of nitrogens with one attached hydrogen (secondary N) is 5. The molecule has 0 unspecified atom stereocenters. The van der Waals surface area contributed by atoms with Crippen molar-refractivity contribution in [2.24, 2.45) is 29.6 Å². The number of carbonyl (C=O) groups is 1. The number of likely N-dealkylation sites (N-methyl/N-ethyl adjacent to an activating group) is 6. The van der Waals surface area contributed by atoms with Gasteiger partial charge < -0.3 is 70.7 Å². The summed E-state index contributed by atoms with van der Waals surface area (Å²) in [5.74, 6) is 2.79. The number of aliphatic hydroxyl groups excluding tert-OH is 1. The minimum Gasteiger partial charge on any atom is -0.392 e. The van der Waals surface area contributed by atoms with Crippen LogP contribution in [0.2, 0.25) is 0 Å². The normalized spacial score (nSPS) is 28.0. The number of rotatable bonds is 19. The Labute approximate surface area is 547 Å². The smallest absolute Gasteiger partial charge is 0.239 e. The second-order valence-corrected chi connectivity index (χ2v) is 30.1. The van der Waals surface area contributed by atoms with Crippen molar-refractivity contribution in [3.05, 3.63) is 71.8 Å². The van der Waals surface area contributed by atoms with E-state index >= 15 is 0 Å². The van der Waals surface area contributed by atoms with E-state index in [4.69, 9.17) is 4.74 Å². The number of benzene rings is 2. The Kier molecular flexibility index (Phi) is 38.4. The van der Waals surface area contributed by atoms with Gasteiger partial charge in [0.25, 0.3) is 0 Å². The Balaban J connectivity index is 1.75. The largest absolute Gasteiger partial charge is 0.392 e. The molecule has 1 amide bonds. The van der Waals surface area contributed by atoms with Crippen molar-refractivity contribution >= 4 is 5.91 Å². The number of nitrogens with zero attached hydrogens (tertiary/aromatic N) is 7. The van der Waals surface area contributed by atoms with Crippen LogP contribution in [0, 0.1) is 29.6 Å². The SMILES string of the molecule is CCCOC[C@@H]1CN(C)[C@@H](Cc2ccccc2)CN(C)[C@@H](CC(C)C)CN[C@H](C(=O)N2CCCCC2)CCN[C@H](C(C)C)CN(C)[C@@H](Cc2ccccc2)CN[C@@H](CC(C)C)CN(C)[C@@H](CC(C)C)CN[C@H]([C@@H](C)O)CN(C)CCN(C)[C@@H](CC(C)C)CN1. The summed E-state index contributed by atoms with van der Waals surface area (Å²) in [6.45, 7) is 41.1. The second kappa shape index (κ2) is 43.4. The first kappa shape index (κ1) is 78.8. The van der Waals surface area contributed by atoms with Crippen molar-refractivity contribution in [3.63, 3.8) is 0 Å². The zero-order chi connectivity index (χ0) is 65.4. The fraction of sp³-hybridized carbons (Fsp3) is 0.824. The van der Waals surface area contributed by atoms with Crippen molar-refractivity contribution in [3.8, 4) is 0 Å². The molecule has 89 heavy (non-hydrogen) atoms. The summed E-state index contributed by atoms with van der Waals surface area (Å²) in [5.41, 5.74) is 2.71. The maximum atomic E-state index is 14.8. The Morgan fingerprint density at radius 3 is 1.54 bits per heavy atom. The number of hydrogen-bond donors (Lipinski definition) is 6. The van der Waals surface area contributed by atoms with E-state index in [-0.39, 0.29) is 48.2 Å². The monoisotopic (exact) mass is 1250 g/mol. The first-order valence-corrected chi connectivity index (χ1v) is 35.9. The van der Waals surface area contributed by atoms with Gasteiger partial charge in [0.1, 0.15) is 0 Å². The van der Waals surface area contributed by atoms with Crippen LogP contribution in [0.3, 0.4) is 0 Å². The number of hydrogen-bond acceptors (Lipinski definition) is 14. The topological polar surface area (TPSA) is 129 Å². The van der Waals surface area contributed by atoms with E-state index in [0.29, 0.717) is 54.3 Å². The summed E-state index contributed by atoms with van der Waals surface area (Å²) < 4.78 is 6.43. The van der Waals surface area contributed by atoms with Crippen molar-refractivity contribution in [1.82, 2.24) is 60.9 Å². The van der Waals surface area contributed by atoms with E-state index in [0.717, 1.165) is 162 Å². The van der Waals surface area contributed by atoms with E-state index in [1.165, 1.54) is 17.5 Å². The van der Waals surface area contributed by atoms with Crippen LogP contribution in [-0.2, 0) is 22.4 Å². The number of likely N-dealkylation sites (tertiary alicyclic amines) is 1. The van der Waals surface area contributed by atoms with E-state index < -0.39 is 6.10 Å². The molecule has 0 radical (unpaired) electrons. The highest BCUT2D eigenvalue weighted by Gasteiger charge is 2.32. The lowest BCUT2D eigenvalue weighted by atomic mass is 9.98. The van der Waals surface area contributed by atoms with Crippen LogP contribution in [0.5, 0.6) is 0 Å². The van der Waals surface area contributed by atoms with Crippen molar-refractivity contribution < 1.29 is 14.6 Å². The molecule has 0 aromatic heterocycles. The molecule has 2 fully saturated rings. The van der Waals surface area contributed by atoms with Gasteiger partial charge in [-0.1, -0.05) is 137 Å². The molecule has 2 aromatic rings. The van der Waals surface area contributed by atoms with Crippen LogP contribution in [0.25, 0.3) is 0 Å². The third kappa shape index (κ3) is 31.5. The van der Waals surface area contributed by atoms with Gasteiger partial charge in [0.05, 0.1) is 18.8 Å². The number of piperidine rings is 1. The average molecular weight is 1250 g/mol. The van der Waals surface area contributed by atoms with Crippen molar-refractivity contribution in [2.45, 2.75) is 220 Å². The summed E-state index contributed by atoms with van der Waals surface area (Å²) >= 11 is 0. The first-order valence-electron chi connectivity index (χ1n) is 35.9. The molecule has 2 heterocycles. The molecule has 15 heteroatoms. The lowest BCUT2D eigenvalue weighted by Gasteiger charge is -2.39. The summed E-state index contributed by atoms with van der Waals surface area (Å²) in [6.07, 6.45) is 10.8. The van der Waals surface area contributed by atoms with Gasteiger partial charge in [0.2, 0.25) is 5.91 Å². The van der Waals surface area contributed by atoms with Crippen LogP contribution < -0.4 is 26.6 Å². The van der Waals surface area contributed by atoms with E-state index in [1.54, 1.807) is 0 Å². The van der Waals surface area contributed by atoms with Gasteiger partial charge in [-0.25, -0.2) is 0 Å². The highest BCUT2D eigenvalue weighted by Crippen LogP contribution is 2.21. The molecule has 514 valence electrons. The number of ether oxygens (including phenoxy) is 1. The predicted octanol–water partition coefficient (Wildman–Crippen LogP) is 8.76. The number of carbonyl (C=O) groups excluding carboxylic acids is 1. The lowest BCUT2D eigenvalue weighted by molar-refractivity contribution is -0.134. The third-order valence-corrected chi connectivity index (χ3v) is 19.4. The molecule has 4 rings (SSSR count). The van der Waals surface area contributed by atoms with Gasteiger partial charge >= 0.3 is 0 Å². The molecule has 6 N–H and O–H groups in total. The molecule has 2 aliphatic heterocycles. The summed E-state index contributed by atoms with van der Waals surface area (Å²) in [5, 5.41) is 31.7. The Morgan fingerprint density at radius 2 is 0.989 bits per heavy atom. The average Bonchev–Trinajstić information content (AvgIpc) is 3.06. The standard InChI is InChI=1S/C74H140N12O3/c1-19-39-89-55-65-51-83(16)70(45-63-31-25-21-26-32-63)52-84(17)68(43-59(8)9)48-78-71(74(88)86-35-27-22-28-36-86)33-34-75-72(60(10)11)54-85(18)69(44-62-29-23-20-24-30-62)47-76-64(40-56(2)3)50-82(15)67(42-58(6)7)49-79-73(61(12)87)53-80(13)37-38-81(14)66(46-77-65)41-57(4)5/h20-21,23-26,29-32,56-61,64-73,75-79,87H,19,22,27-28,33-55H2,1-18H3/t61-,64+,65+,66+,67+,68+,69+,70+,71+,72+,73+/m1/s1. The fourth-order valence-electron chi connectivity index (χ4n) is 13.7. The molecule has 0 saturated carbocycles. The zero-order valence-electron chi connectivity index (χ0n) is 60.5. The molecule has 2 aromatic carbocycles.